The van der Waals surface area contributed by atoms with Gasteiger partial charge in [-0.1, -0.05) is 29.8 Å². The van der Waals surface area contributed by atoms with Gasteiger partial charge in [-0.05, 0) is 21.9 Å². The lowest BCUT2D eigenvalue weighted by Gasteiger charge is -2.04. The van der Waals surface area contributed by atoms with Crippen LogP contribution in [0.4, 0.5) is 0 Å². The summed E-state index contributed by atoms with van der Waals surface area (Å²) in [4.78, 5) is 9.66. The van der Waals surface area contributed by atoms with Crippen LogP contribution in [0.2, 0.25) is 0 Å². The van der Waals surface area contributed by atoms with E-state index in [1.807, 2.05) is 0 Å². The van der Waals surface area contributed by atoms with E-state index in [0.717, 1.165) is 0 Å². The van der Waals surface area contributed by atoms with Gasteiger partial charge in [0.05, 0.1) is 0 Å². The number of hydrogen-bond acceptors (Lipinski definition) is 1. The lowest BCUT2D eigenvalue weighted by atomic mass is 10.2. The molecule has 0 saturated carbocycles. The fraction of sp³-hybridized carbons (Fsp3) is 0.143. The van der Waals surface area contributed by atoms with E-state index >= 15 is 0 Å². The van der Waals surface area contributed by atoms with E-state index in [0.29, 0.717) is 0 Å². The van der Waals surface area contributed by atoms with Gasteiger partial charge in [0.15, 0.2) is 8.56 Å². The number of hydrogen-bond donors (Lipinski definition) is 1. The minimum atomic E-state index is -1.36. The van der Waals surface area contributed by atoms with E-state index < -0.39 is 8.56 Å². The number of rotatable bonds is 2. The first-order chi connectivity index (χ1) is 5.24. The first-order valence-electron chi connectivity index (χ1n) is 3.98. The van der Waals surface area contributed by atoms with E-state index in [1.54, 1.807) is 0 Å². The summed E-state index contributed by atoms with van der Waals surface area (Å²) in [5.74, 6) is 0. The van der Waals surface area contributed by atoms with E-state index in [2.05, 4.69) is 31.2 Å². The molecule has 1 aromatic carbocycles. The second kappa shape index (κ2) is 4.01. The Kier molecular flexibility index (Phi) is 3.25. The zero-order chi connectivity index (χ0) is 8.27. The van der Waals surface area contributed by atoms with Crippen LogP contribution in [0.3, 0.4) is 0 Å². The van der Waals surface area contributed by atoms with Crippen LogP contribution in [-0.2, 0) is 0 Å². The van der Waals surface area contributed by atoms with Crippen molar-refractivity contribution in [3.05, 3.63) is 29.8 Å². The maximum atomic E-state index is 9.66. The summed E-state index contributed by atoms with van der Waals surface area (Å²) in [5.41, 5.74) is 1.28. The Balaban J connectivity index is 2.81. The third-order valence-corrected chi connectivity index (χ3v) is 14.5. The summed E-state index contributed by atoms with van der Waals surface area (Å²) >= 11 is 0. The Morgan fingerprint density at radius 1 is 1.36 bits per heavy atom. The molecule has 60 valence electrons. The Hall–Kier alpha value is -0.169. The molecule has 0 saturated heterocycles. The quantitative estimate of drug-likeness (QED) is 0.538. The van der Waals surface area contributed by atoms with E-state index in [4.69, 9.17) is 0 Å². The largest absolute Gasteiger partial charge is 0.434 e. The molecule has 4 heteroatoms. The molecular weight excluding hydrogens is 184 g/mol. The molecule has 1 N–H and O–H groups in total. The van der Waals surface area contributed by atoms with Crippen LogP contribution in [0.1, 0.15) is 5.56 Å². The minimum absolute atomic E-state index is 0.0389. The second-order valence-corrected chi connectivity index (χ2v) is 17.5. The van der Waals surface area contributed by atoms with Gasteiger partial charge in [-0.25, -0.2) is 0 Å². The highest BCUT2D eigenvalue weighted by molar-refractivity contribution is 7.32. The molecule has 0 fully saturated rings. The minimum Gasteiger partial charge on any atom is -0.434 e. The van der Waals surface area contributed by atoms with Crippen molar-refractivity contribution in [2.24, 2.45) is 0 Å². The lowest BCUT2D eigenvalue weighted by molar-refractivity contribution is 0.607. The Morgan fingerprint density at radius 2 is 1.91 bits per heavy atom. The van der Waals surface area contributed by atoms with Crippen LogP contribution < -0.4 is 5.19 Å². The number of aryl methyl sites for hydroxylation is 1. The van der Waals surface area contributed by atoms with Gasteiger partial charge in [0.25, 0.3) is 0 Å². The molecule has 0 aliphatic heterocycles. The Labute approximate surface area is 74.0 Å². The number of benzene rings is 1. The van der Waals surface area contributed by atoms with Crippen molar-refractivity contribution in [2.75, 3.05) is 0 Å². The van der Waals surface area contributed by atoms with Crippen LogP contribution in [0.5, 0.6) is 0 Å². The molecule has 0 amide bonds. The predicted molar refractivity (Wildman–Crippen MR) is 58.7 cm³/mol. The molecule has 1 atom stereocenters. The van der Waals surface area contributed by atoms with Gasteiger partial charge in [-0.3, -0.25) is 0 Å². The maximum Gasteiger partial charge on any atom is 0.180 e. The van der Waals surface area contributed by atoms with Crippen molar-refractivity contribution >= 4 is 32.1 Å². The molecule has 11 heavy (non-hydrogen) atoms. The summed E-state index contributed by atoms with van der Waals surface area (Å²) in [6.45, 7) is 2.08. The molecule has 1 aromatic rings. The summed E-state index contributed by atoms with van der Waals surface area (Å²) < 4.78 is 0. The molecule has 0 aromatic heterocycles. The van der Waals surface area contributed by atoms with Crippen molar-refractivity contribution in [3.8, 4) is 0 Å². The van der Waals surface area contributed by atoms with Crippen molar-refractivity contribution in [1.29, 1.82) is 0 Å². The van der Waals surface area contributed by atoms with Crippen molar-refractivity contribution in [2.45, 2.75) is 6.92 Å². The second-order valence-electron chi connectivity index (χ2n) is 2.83. The molecule has 1 unspecified atom stereocenters. The Bertz CT molecular complexity index is 222. The SMILES string of the molecule is Cc1ccc([SiH](O)[SiH2][SiH3])cc1. The van der Waals surface area contributed by atoms with E-state index in [9.17, 15) is 4.80 Å². The lowest BCUT2D eigenvalue weighted by Crippen LogP contribution is -2.36. The van der Waals surface area contributed by atoms with Crippen LogP contribution in [0.15, 0.2) is 24.3 Å². The molecular formula is C7H14OSi3. The van der Waals surface area contributed by atoms with Gasteiger partial charge in [0.2, 0.25) is 0 Å². The van der Waals surface area contributed by atoms with E-state index in [-0.39, 0.29) is 8.55 Å². The zero-order valence-electron chi connectivity index (χ0n) is 7.04. The fourth-order valence-corrected chi connectivity index (χ4v) is 8.61. The Morgan fingerprint density at radius 3 is 2.36 bits per heavy atom. The van der Waals surface area contributed by atoms with Gasteiger partial charge in [0, 0.05) is 8.55 Å². The summed E-state index contributed by atoms with van der Waals surface area (Å²) in [6.07, 6.45) is 0. The molecule has 0 spiro atoms. The maximum absolute atomic E-state index is 9.66. The third-order valence-electron chi connectivity index (χ3n) is 1.85. The van der Waals surface area contributed by atoms with Crippen LogP contribution >= 0.6 is 0 Å². The highest BCUT2D eigenvalue weighted by atomic mass is 29.5. The molecule has 0 radical (unpaired) electrons. The highest BCUT2D eigenvalue weighted by Gasteiger charge is 2.05. The summed E-state index contributed by atoms with van der Waals surface area (Å²) in [7, 11) is -0.142. The van der Waals surface area contributed by atoms with Gasteiger partial charge in [-0.15, -0.1) is 0 Å². The summed E-state index contributed by atoms with van der Waals surface area (Å²) in [6, 6.07) is 8.38. The first-order valence-corrected chi connectivity index (χ1v) is 14.0. The van der Waals surface area contributed by atoms with Crippen LogP contribution in [-0.4, -0.2) is 31.7 Å². The molecule has 0 aliphatic rings. The normalized spacial score (nSPS) is 14.4. The monoisotopic (exact) mass is 198 g/mol. The average Bonchev–Trinajstić information content (AvgIpc) is 2.05. The van der Waals surface area contributed by atoms with Gasteiger partial charge >= 0.3 is 0 Å². The molecule has 0 heterocycles. The molecule has 0 bridgehead atoms. The smallest absolute Gasteiger partial charge is 0.180 e. The van der Waals surface area contributed by atoms with Gasteiger partial charge in [0.1, 0.15) is 0 Å². The average molecular weight is 198 g/mol. The first kappa shape index (κ1) is 8.92. The molecule has 1 rings (SSSR count). The predicted octanol–water partition coefficient (Wildman–Crippen LogP) is -2.14. The third kappa shape index (κ3) is 2.41. The standard InChI is InChI=1S/C7H14OSi3/c1-6-2-4-7(5-3-6)11(8)10-9/h2-5,8,11H,10H2,1,9H3. The topological polar surface area (TPSA) is 20.2 Å². The van der Waals surface area contributed by atoms with Crippen LogP contribution in [0, 0.1) is 6.92 Å². The fourth-order valence-electron chi connectivity index (χ4n) is 1.02. The molecule has 0 aliphatic carbocycles. The zero-order valence-corrected chi connectivity index (χ0v) is 11.6. The van der Waals surface area contributed by atoms with E-state index in [1.165, 1.54) is 20.5 Å². The van der Waals surface area contributed by atoms with Crippen LogP contribution in [0.25, 0.3) is 0 Å². The van der Waals surface area contributed by atoms with Crippen molar-refractivity contribution < 1.29 is 4.80 Å². The highest BCUT2D eigenvalue weighted by Crippen LogP contribution is 1.92. The van der Waals surface area contributed by atoms with Gasteiger partial charge < -0.3 is 4.80 Å². The van der Waals surface area contributed by atoms with Crippen molar-refractivity contribution in [1.82, 2.24) is 0 Å². The van der Waals surface area contributed by atoms with Crippen molar-refractivity contribution in [3.63, 3.8) is 0 Å². The summed E-state index contributed by atoms with van der Waals surface area (Å²) in [5, 5.41) is 1.25. The van der Waals surface area contributed by atoms with Gasteiger partial charge in [-0.2, -0.15) is 0 Å². The molecule has 1 nitrogen and oxygen atoms in total.